The minimum Gasteiger partial charge on any atom is -0.492 e. The third-order valence-corrected chi connectivity index (χ3v) is 8.49. The van der Waals surface area contributed by atoms with Crippen LogP contribution in [0, 0.1) is 17.3 Å². The van der Waals surface area contributed by atoms with Crippen molar-refractivity contribution < 1.29 is 23.7 Å². The van der Waals surface area contributed by atoms with Crippen molar-refractivity contribution in [2.24, 2.45) is 17.3 Å². The van der Waals surface area contributed by atoms with Gasteiger partial charge in [0.1, 0.15) is 11.9 Å². The molecule has 43 heavy (non-hydrogen) atoms. The maximum Gasteiger partial charge on any atom is 0.213 e. The minimum absolute atomic E-state index is 0.00665. The van der Waals surface area contributed by atoms with E-state index in [0.717, 1.165) is 57.6 Å². The van der Waals surface area contributed by atoms with Crippen LogP contribution in [0.1, 0.15) is 101 Å². The molecule has 2 aliphatic carbocycles. The van der Waals surface area contributed by atoms with Crippen LogP contribution in [0.15, 0.2) is 18.3 Å². The molecular formula is C35H63N3O5. The van der Waals surface area contributed by atoms with Gasteiger partial charge in [0, 0.05) is 29.7 Å². The second-order valence-electron chi connectivity index (χ2n) is 15.8. The second kappa shape index (κ2) is 16.2. The Morgan fingerprint density at radius 1 is 0.860 bits per heavy atom. The number of ether oxygens (including phenoxy) is 5. The van der Waals surface area contributed by atoms with Crippen molar-refractivity contribution in [2.45, 2.75) is 137 Å². The van der Waals surface area contributed by atoms with Gasteiger partial charge in [0.15, 0.2) is 0 Å². The van der Waals surface area contributed by atoms with Crippen molar-refractivity contribution >= 4 is 0 Å². The Hall–Kier alpha value is -1.45. The summed E-state index contributed by atoms with van der Waals surface area (Å²) in [6.45, 7) is 26.7. The molecule has 0 saturated heterocycles. The smallest absolute Gasteiger partial charge is 0.213 e. The van der Waals surface area contributed by atoms with Crippen molar-refractivity contribution in [3.8, 4) is 11.6 Å². The van der Waals surface area contributed by atoms with E-state index in [2.05, 4.69) is 84.9 Å². The fourth-order valence-corrected chi connectivity index (χ4v) is 5.81. The molecule has 0 radical (unpaired) electrons. The van der Waals surface area contributed by atoms with E-state index < -0.39 is 0 Å². The van der Waals surface area contributed by atoms with Gasteiger partial charge in [0.2, 0.25) is 5.88 Å². The van der Waals surface area contributed by atoms with Crippen LogP contribution in [-0.2, 0) is 14.2 Å². The number of hydrogen-bond acceptors (Lipinski definition) is 8. The summed E-state index contributed by atoms with van der Waals surface area (Å²) in [5, 5.41) is 7.31. The Kier molecular flexibility index (Phi) is 13.6. The van der Waals surface area contributed by atoms with Gasteiger partial charge in [0.25, 0.3) is 0 Å². The summed E-state index contributed by atoms with van der Waals surface area (Å²) in [4.78, 5) is 4.46. The van der Waals surface area contributed by atoms with Crippen LogP contribution in [-0.4, -0.2) is 80.0 Å². The first kappa shape index (κ1) is 36.0. The van der Waals surface area contributed by atoms with Crippen LogP contribution >= 0.6 is 0 Å². The molecule has 0 unspecified atom stereocenters. The molecule has 2 N–H and O–H groups in total. The molecule has 1 heterocycles. The number of rotatable bonds is 20. The molecule has 8 heteroatoms. The topological polar surface area (TPSA) is 83.1 Å². The first-order valence-electron chi connectivity index (χ1n) is 16.7. The van der Waals surface area contributed by atoms with E-state index in [1.165, 1.54) is 0 Å². The maximum absolute atomic E-state index is 6.11. The van der Waals surface area contributed by atoms with Crippen molar-refractivity contribution in [3.05, 3.63) is 18.3 Å². The number of aromatic nitrogens is 1. The Bertz CT molecular complexity index is 918. The van der Waals surface area contributed by atoms with Crippen molar-refractivity contribution in [2.75, 3.05) is 39.6 Å². The first-order valence-corrected chi connectivity index (χ1v) is 16.7. The summed E-state index contributed by atoms with van der Waals surface area (Å²) >= 11 is 0. The summed E-state index contributed by atoms with van der Waals surface area (Å²) in [7, 11) is 0. The molecule has 1 atom stereocenters. The number of pyridine rings is 1. The molecule has 0 spiro atoms. The zero-order valence-electron chi connectivity index (χ0n) is 29.0. The molecule has 3 rings (SSSR count). The zero-order chi connectivity index (χ0) is 31.7. The normalized spacial score (nSPS) is 23.5. The van der Waals surface area contributed by atoms with Gasteiger partial charge in [-0.3, -0.25) is 0 Å². The highest BCUT2D eigenvalue weighted by Crippen LogP contribution is 2.33. The fourth-order valence-electron chi connectivity index (χ4n) is 5.81. The Morgan fingerprint density at radius 3 is 2.14 bits per heavy atom. The number of nitrogens with one attached hydrogen (secondary N) is 2. The molecule has 0 amide bonds. The van der Waals surface area contributed by atoms with E-state index >= 15 is 0 Å². The molecular weight excluding hydrogens is 542 g/mol. The summed E-state index contributed by atoms with van der Waals surface area (Å²) in [5.74, 6) is 2.58. The van der Waals surface area contributed by atoms with Gasteiger partial charge in [-0.05, 0) is 90.0 Å². The standard InChI is InChI=1S/C35H63N3O5/c1-25(2)26(3)22-42-28-11-12-32(36-21-28)43-31-17-27(18-31)38-35(9,10)23-34(7,8)24-39-15-16-41-30-19-29(20-30)40-14-13-37-33(4,5)6/h11-12,21,25-27,29-31,37-38H,13-20,22-24H2,1-10H3/t26-,27?,29?,30?,31?/m0/s1. The van der Waals surface area contributed by atoms with Crippen molar-refractivity contribution in [3.63, 3.8) is 0 Å². The molecule has 2 saturated carbocycles. The van der Waals surface area contributed by atoms with Gasteiger partial charge in [0.05, 0.1) is 51.4 Å². The highest BCUT2D eigenvalue weighted by molar-refractivity contribution is 5.23. The molecule has 1 aromatic heterocycles. The quantitative estimate of drug-likeness (QED) is 0.165. The summed E-state index contributed by atoms with van der Waals surface area (Å²) in [5.41, 5.74) is 0.208. The lowest BCUT2D eigenvalue weighted by Gasteiger charge is -2.43. The number of nitrogens with zero attached hydrogens (tertiary/aromatic N) is 1. The third kappa shape index (κ3) is 14.0. The summed E-state index contributed by atoms with van der Waals surface area (Å²) in [6, 6.07) is 4.32. The fraction of sp³-hybridized carbons (Fsp3) is 0.857. The van der Waals surface area contributed by atoms with E-state index in [1.54, 1.807) is 6.20 Å². The molecule has 8 nitrogen and oxygen atoms in total. The summed E-state index contributed by atoms with van der Waals surface area (Å²) < 4.78 is 29.9. The van der Waals surface area contributed by atoms with Gasteiger partial charge in [-0.25, -0.2) is 4.98 Å². The van der Waals surface area contributed by atoms with Crippen LogP contribution in [0.4, 0.5) is 0 Å². The lowest BCUT2D eigenvalue weighted by Crippen LogP contribution is -2.55. The van der Waals surface area contributed by atoms with Crippen LogP contribution in [0.2, 0.25) is 0 Å². The predicted molar refractivity (Wildman–Crippen MR) is 174 cm³/mol. The van der Waals surface area contributed by atoms with Gasteiger partial charge < -0.3 is 34.3 Å². The van der Waals surface area contributed by atoms with Crippen molar-refractivity contribution in [1.29, 1.82) is 0 Å². The Balaban J connectivity index is 1.22. The Labute approximate surface area is 262 Å². The van der Waals surface area contributed by atoms with Crippen LogP contribution in [0.5, 0.6) is 11.6 Å². The SMILES string of the molecule is CC(C)[C@@H](C)COc1ccc(OC2CC(NC(C)(C)CC(C)(C)COCCOC3CC(OCCNC(C)(C)C)C3)C2)nc1. The molecule has 1 aromatic rings. The van der Waals surface area contributed by atoms with Gasteiger partial charge >= 0.3 is 0 Å². The lowest BCUT2D eigenvalue weighted by molar-refractivity contribution is -0.111. The van der Waals surface area contributed by atoms with Gasteiger partial charge in [-0.15, -0.1) is 0 Å². The zero-order valence-corrected chi connectivity index (χ0v) is 29.0. The monoisotopic (exact) mass is 605 g/mol. The Morgan fingerprint density at radius 2 is 1.53 bits per heavy atom. The molecule has 2 aliphatic rings. The van der Waals surface area contributed by atoms with E-state index in [1.807, 2.05) is 12.1 Å². The molecule has 2 fully saturated rings. The highest BCUT2D eigenvalue weighted by atomic mass is 16.5. The van der Waals surface area contributed by atoms with E-state index in [0.29, 0.717) is 55.8 Å². The molecule has 248 valence electrons. The lowest BCUT2D eigenvalue weighted by atomic mass is 9.78. The minimum atomic E-state index is 0.00665. The molecule has 0 aromatic carbocycles. The van der Waals surface area contributed by atoms with Crippen LogP contribution in [0.25, 0.3) is 0 Å². The predicted octanol–water partition coefficient (Wildman–Crippen LogP) is 6.42. The molecule has 0 aliphatic heterocycles. The van der Waals surface area contributed by atoms with E-state index in [-0.39, 0.29) is 22.6 Å². The van der Waals surface area contributed by atoms with Crippen LogP contribution < -0.4 is 20.1 Å². The molecule has 0 bridgehead atoms. The van der Waals surface area contributed by atoms with E-state index in [9.17, 15) is 0 Å². The van der Waals surface area contributed by atoms with Crippen LogP contribution in [0.3, 0.4) is 0 Å². The number of hydrogen-bond donors (Lipinski definition) is 2. The first-order chi connectivity index (χ1) is 20.1. The summed E-state index contributed by atoms with van der Waals surface area (Å²) in [6.07, 6.45) is 7.60. The average molecular weight is 606 g/mol. The second-order valence-corrected chi connectivity index (χ2v) is 15.8. The van der Waals surface area contributed by atoms with Gasteiger partial charge in [-0.1, -0.05) is 34.6 Å². The van der Waals surface area contributed by atoms with Crippen molar-refractivity contribution in [1.82, 2.24) is 15.6 Å². The van der Waals surface area contributed by atoms with Gasteiger partial charge in [-0.2, -0.15) is 0 Å². The maximum atomic E-state index is 6.11. The van der Waals surface area contributed by atoms with E-state index in [4.69, 9.17) is 23.7 Å². The highest BCUT2D eigenvalue weighted by Gasteiger charge is 2.37. The third-order valence-electron chi connectivity index (χ3n) is 8.49. The average Bonchev–Trinajstić information content (AvgIpc) is 2.85. The largest absolute Gasteiger partial charge is 0.492 e.